The van der Waals surface area contributed by atoms with E-state index in [4.69, 9.17) is 5.73 Å². The van der Waals surface area contributed by atoms with Crippen molar-refractivity contribution in [2.45, 2.75) is 6.54 Å². The number of carbonyl (C=O) groups is 1. The molecule has 0 fully saturated rings. The Morgan fingerprint density at radius 1 is 1.50 bits per heavy atom. The van der Waals surface area contributed by atoms with Crippen LogP contribution >= 0.6 is 0 Å². The van der Waals surface area contributed by atoms with Crippen molar-refractivity contribution in [2.24, 2.45) is 5.73 Å². The van der Waals surface area contributed by atoms with Gasteiger partial charge in [-0.3, -0.25) is 10.1 Å². The van der Waals surface area contributed by atoms with Crippen LogP contribution in [0, 0.1) is 15.9 Å². The zero-order valence-electron chi connectivity index (χ0n) is 9.39. The highest BCUT2D eigenvalue weighted by Gasteiger charge is 2.09. The van der Waals surface area contributed by atoms with Crippen LogP contribution in [0.5, 0.6) is 0 Å². The number of hydrogen-bond acceptors (Lipinski definition) is 5. The lowest BCUT2D eigenvalue weighted by molar-refractivity contribution is -0.385. The monoisotopic (exact) mass is 257 g/mol. The first-order chi connectivity index (χ1) is 8.49. The number of nitrogens with one attached hydrogen (secondary N) is 1. The lowest BCUT2D eigenvalue weighted by Gasteiger charge is -2.05. The third-order valence-corrected chi connectivity index (χ3v) is 2.01. The van der Waals surface area contributed by atoms with Crippen molar-refractivity contribution in [1.82, 2.24) is 5.32 Å². The van der Waals surface area contributed by atoms with E-state index in [0.717, 1.165) is 6.07 Å². The van der Waals surface area contributed by atoms with Gasteiger partial charge in [0.1, 0.15) is 12.4 Å². The fourth-order valence-corrected chi connectivity index (χ4v) is 1.30. The first-order valence-corrected chi connectivity index (χ1v) is 5.06. The molecule has 0 bridgehead atoms. The number of nitro benzene ring substituents is 1. The molecular weight excluding hydrogens is 245 g/mol. The van der Waals surface area contributed by atoms with E-state index >= 15 is 0 Å². The first kappa shape index (κ1) is 13.8. The quantitative estimate of drug-likeness (QED) is 0.447. The van der Waals surface area contributed by atoms with E-state index in [9.17, 15) is 19.3 Å². The molecule has 0 aliphatic rings. The highest BCUT2D eigenvalue weighted by atomic mass is 19.1. The number of nitrogens with two attached hydrogens (primary N) is 1. The van der Waals surface area contributed by atoms with Gasteiger partial charge in [-0.05, 0) is 11.6 Å². The van der Waals surface area contributed by atoms with Crippen LogP contribution in [0.25, 0.3) is 0 Å². The average Bonchev–Trinajstić information content (AvgIpc) is 2.27. The Balaban J connectivity index is 2.47. The van der Waals surface area contributed by atoms with Crippen LogP contribution in [0.2, 0.25) is 0 Å². The normalized spacial score (nSPS) is 10.1. The van der Waals surface area contributed by atoms with E-state index in [0.29, 0.717) is 12.1 Å². The van der Waals surface area contributed by atoms with E-state index in [-0.39, 0.29) is 18.8 Å². The maximum Gasteiger partial charge on any atom is 0.404 e. The molecule has 0 unspecified atom stereocenters. The van der Waals surface area contributed by atoms with Crippen LogP contribution < -0.4 is 11.1 Å². The second-order valence-electron chi connectivity index (χ2n) is 3.42. The summed E-state index contributed by atoms with van der Waals surface area (Å²) in [6.45, 7) is 0.612. The van der Waals surface area contributed by atoms with Crippen LogP contribution in [-0.2, 0) is 11.3 Å². The number of hydrogen-bond donors (Lipinski definition) is 2. The number of ether oxygens (including phenoxy) is 1. The third-order valence-electron chi connectivity index (χ3n) is 2.01. The van der Waals surface area contributed by atoms with Crippen LogP contribution in [0.3, 0.4) is 0 Å². The maximum atomic E-state index is 13.1. The average molecular weight is 257 g/mol. The van der Waals surface area contributed by atoms with E-state index in [1.807, 2.05) is 0 Å². The molecule has 0 saturated heterocycles. The van der Waals surface area contributed by atoms with Gasteiger partial charge in [-0.15, -0.1) is 0 Å². The molecule has 0 radical (unpaired) electrons. The Kier molecular flexibility index (Phi) is 5.00. The molecule has 0 saturated carbocycles. The Bertz CT molecular complexity index is 453. The molecule has 3 N–H and O–H groups in total. The van der Waals surface area contributed by atoms with Crippen molar-refractivity contribution in [3.05, 3.63) is 39.7 Å². The van der Waals surface area contributed by atoms with Gasteiger partial charge in [0, 0.05) is 19.2 Å². The molecular formula is C10H12FN3O4. The SMILES string of the molecule is NC(=O)OCCNCc1cc(F)cc([N+](=O)[O-])c1. The van der Waals surface area contributed by atoms with Crippen LogP contribution in [0.4, 0.5) is 14.9 Å². The van der Waals surface area contributed by atoms with Crippen LogP contribution in [0.1, 0.15) is 5.56 Å². The summed E-state index contributed by atoms with van der Waals surface area (Å²) in [6, 6.07) is 3.31. The molecule has 1 amide bonds. The molecule has 1 aromatic carbocycles. The summed E-state index contributed by atoms with van der Waals surface area (Å²) in [7, 11) is 0. The number of carbonyl (C=O) groups excluding carboxylic acids is 1. The van der Waals surface area contributed by atoms with E-state index in [1.54, 1.807) is 0 Å². The number of nitrogens with zero attached hydrogens (tertiary/aromatic N) is 1. The Hall–Kier alpha value is -2.22. The van der Waals surface area contributed by atoms with Gasteiger partial charge >= 0.3 is 6.09 Å². The minimum Gasteiger partial charge on any atom is -0.448 e. The third kappa shape index (κ3) is 4.74. The van der Waals surface area contributed by atoms with Crippen LogP contribution in [-0.4, -0.2) is 24.2 Å². The summed E-state index contributed by atoms with van der Waals surface area (Å²) in [5.74, 6) is -0.672. The molecule has 1 rings (SSSR count). The molecule has 0 aromatic heterocycles. The maximum absolute atomic E-state index is 13.1. The first-order valence-electron chi connectivity index (χ1n) is 5.06. The number of nitro groups is 1. The van der Waals surface area contributed by atoms with E-state index < -0.39 is 16.8 Å². The van der Waals surface area contributed by atoms with Gasteiger partial charge in [0.15, 0.2) is 0 Å². The van der Waals surface area contributed by atoms with Crippen LogP contribution in [0.15, 0.2) is 18.2 Å². The standard InChI is InChI=1S/C10H12FN3O4/c11-8-3-7(4-9(5-8)14(16)17)6-13-1-2-18-10(12)15/h3-5,13H,1-2,6H2,(H2,12,15). The highest BCUT2D eigenvalue weighted by molar-refractivity contribution is 5.64. The number of rotatable bonds is 6. The smallest absolute Gasteiger partial charge is 0.404 e. The van der Waals surface area contributed by atoms with Crippen molar-refractivity contribution in [3.8, 4) is 0 Å². The molecule has 1 aromatic rings. The minimum absolute atomic E-state index is 0.0761. The van der Waals surface area contributed by atoms with Crippen molar-refractivity contribution < 1.29 is 18.8 Å². The van der Waals surface area contributed by atoms with E-state index in [1.165, 1.54) is 12.1 Å². The summed E-state index contributed by atoms with van der Waals surface area (Å²) in [6.07, 6.45) is -0.877. The Labute approximate surface area is 102 Å². The second-order valence-corrected chi connectivity index (χ2v) is 3.42. The largest absolute Gasteiger partial charge is 0.448 e. The molecule has 0 spiro atoms. The number of amides is 1. The molecule has 8 heteroatoms. The van der Waals surface area contributed by atoms with Gasteiger partial charge < -0.3 is 15.8 Å². The lowest BCUT2D eigenvalue weighted by Crippen LogP contribution is -2.23. The van der Waals surface area contributed by atoms with Gasteiger partial charge in [-0.25, -0.2) is 9.18 Å². The van der Waals surface area contributed by atoms with Gasteiger partial charge in [0.05, 0.1) is 11.0 Å². The fraction of sp³-hybridized carbons (Fsp3) is 0.300. The molecule has 0 aliphatic heterocycles. The zero-order valence-corrected chi connectivity index (χ0v) is 9.39. The van der Waals surface area contributed by atoms with Crippen molar-refractivity contribution in [3.63, 3.8) is 0 Å². The second kappa shape index (κ2) is 6.50. The summed E-state index contributed by atoms with van der Waals surface area (Å²) in [5.41, 5.74) is 4.87. The summed E-state index contributed by atoms with van der Waals surface area (Å²) in [5, 5.41) is 13.3. The molecule has 18 heavy (non-hydrogen) atoms. The van der Waals surface area contributed by atoms with Crippen molar-refractivity contribution in [1.29, 1.82) is 0 Å². The molecule has 0 atom stereocenters. The lowest BCUT2D eigenvalue weighted by atomic mass is 10.2. The fourth-order valence-electron chi connectivity index (χ4n) is 1.30. The molecule has 98 valence electrons. The van der Waals surface area contributed by atoms with Crippen molar-refractivity contribution in [2.75, 3.05) is 13.2 Å². The summed E-state index contributed by atoms with van der Waals surface area (Å²) >= 11 is 0. The predicted octanol–water partition coefficient (Wildman–Crippen LogP) is 0.919. The summed E-state index contributed by atoms with van der Waals surface area (Å²) in [4.78, 5) is 20.1. The zero-order chi connectivity index (χ0) is 13.5. The molecule has 0 aliphatic carbocycles. The number of halogens is 1. The van der Waals surface area contributed by atoms with Gasteiger partial charge in [0.25, 0.3) is 5.69 Å². The Morgan fingerprint density at radius 2 is 2.22 bits per heavy atom. The van der Waals surface area contributed by atoms with Gasteiger partial charge in [-0.2, -0.15) is 0 Å². The Morgan fingerprint density at radius 3 is 2.83 bits per heavy atom. The van der Waals surface area contributed by atoms with Gasteiger partial charge in [-0.1, -0.05) is 0 Å². The predicted molar refractivity (Wildman–Crippen MR) is 60.3 cm³/mol. The van der Waals surface area contributed by atoms with E-state index in [2.05, 4.69) is 10.1 Å². The number of primary amides is 1. The summed E-state index contributed by atoms with van der Waals surface area (Å²) < 4.78 is 17.5. The number of non-ortho nitro benzene ring substituents is 1. The molecule has 7 nitrogen and oxygen atoms in total. The highest BCUT2D eigenvalue weighted by Crippen LogP contribution is 2.15. The number of benzene rings is 1. The topological polar surface area (TPSA) is 107 Å². The van der Waals surface area contributed by atoms with Crippen molar-refractivity contribution >= 4 is 11.8 Å². The minimum atomic E-state index is -0.877. The van der Waals surface area contributed by atoms with Gasteiger partial charge in [0.2, 0.25) is 0 Å². The molecule has 0 heterocycles.